The van der Waals surface area contributed by atoms with Crippen LogP contribution in [0.15, 0.2) is 47.6 Å². The minimum absolute atomic E-state index is 0.0122. The van der Waals surface area contributed by atoms with E-state index in [1.54, 1.807) is 17.3 Å². The van der Waals surface area contributed by atoms with E-state index in [1.165, 1.54) is 0 Å². The van der Waals surface area contributed by atoms with Crippen molar-refractivity contribution in [1.29, 1.82) is 0 Å². The normalized spacial score (nSPS) is 17.3. The third kappa shape index (κ3) is 5.25. The fourth-order valence-corrected chi connectivity index (χ4v) is 5.13. The summed E-state index contributed by atoms with van der Waals surface area (Å²) in [6.45, 7) is 6.77. The van der Waals surface area contributed by atoms with Gasteiger partial charge in [-0.15, -0.1) is 0 Å². The molecule has 38 heavy (non-hydrogen) atoms. The van der Waals surface area contributed by atoms with Crippen LogP contribution in [0.25, 0.3) is 16.6 Å². The predicted molar refractivity (Wildman–Crippen MR) is 150 cm³/mol. The van der Waals surface area contributed by atoms with Crippen LogP contribution in [-0.2, 0) is 0 Å². The highest BCUT2D eigenvalue weighted by Crippen LogP contribution is 2.25. The maximum absolute atomic E-state index is 13.3. The molecular formula is C28H34N8O2. The molecule has 0 spiro atoms. The molecule has 0 unspecified atom stereocenters. The molecule has 1 aromatic carbocycles. The molecule has 2 aliphatic rings. The van der Waals surface area contributed by atoms with Crippen LogP contribution in [0.4, 0.5) is 16.4 Å². The number of aliphatic imine (C=N–C) groups is 1. The van der Waals surface area contributed by atoms with Gasteiger partial charge >= 0.3 is 6.03 Å². The first kappa shape index (κ1) is 25.4. The predicted octanol–water partition coefficient (Wildman–Crippen LogP) is 4.52. The number of hydrogen-bond donors (Lipinski definition) is 2. The Morgan fingerprint density at radius 2 is 2.00 bits per heavy atom. The van der Waals surface area contributed by atoms with Crippen molar-refractivity contribution in [2.24, 2.45) is 4.99 Å². The van der Waals surface area contributed by atoms with Gasteiger partial charge in [-0.05, 0) is 56.5 Å². The molecule has 2 N–H and O–H groups in total. The highest BCUT2D eigenvalue weighted by molar-refractivity contribution is 5.98. The summed E-state index contributed by atoms with van der Waals surface area (Å²) in [4.78, 5) is 47.8. The molecule has 0 radical (unpaired) electrons. The number of piperidine rings is 1. The Morgan fingerprint density at radius 1 is 1.18 bits per heavy atom. The molecule has 10 nitrogen and oxygen atoms in total. The van der Waals surface area contributed by atoms with E-state index in [1.807, 2.05) is 60.2 Å². The molecular weight excluding hydrogens is 480 g/mol. The number of likely N-dealkylation sites (tertiary alicyclic amines) is 1. The van der Waals surface area contributed by atoms with Gasteiger partial charge in [-0.25, -0.2) is 14.8 Å². The first-order valence-corrected chi connectivity index (χ1v) is 13.2. The number of benzene rings is 1. The van der Waals surface area contributed by atoms with Crippen LogP contribution >= 0.6 is 0 Å². The maximum atomic E-state index is 13.3. The second-order valence-electron chi connectivity index (χ2n) is 9.68. The Balaban J connectivity index is 1.26. The van der Waals surface area contributed by atoms with Crippen LogP contribution in [-0.4, -0.2) is 87.1 Å². The lowest BCUT2D eigenvalue weighted by molar-refractivity contribution is 0.0659. The average Bonchev–Trinajstić information content (AvgIpc) is 3.51. The van der Waals surface area contributed by atoms with Crippen molar-refractivity contribution in [3.05, 3.63) is 54.0 Å². The van der Waals surface area contributed by atoms with Gasteiger partial charge in [-0.2, -0.15) is 0 Å². The van der Waals surface area contributed by atoms with E-state index in [9.17, 15) is 9.59 Å². The Bertz CT molecular complexity index is 1390. The summed E-state index contributed by atoms with van der Waals surface area (Å²) in [7, 11) is 1.84. The maximum Gasteiger partial charge on any atom is 0.320 e. The third-order valence-electron chi connectivity index (χ3n) is 7.13. The van der Waals surface area contributed by atoms with Crippen molar-refractivity contribution in [2.75, 3.05) is 38.5 Å². The number of aromatic nitrogens is 3. The van der Waals surface area contributed by atoms with Crippen molar-refractivity contribution in [3.63, 3.8) is 0 Å². The van der Waals surface area contributed by atoms with Crippen molar-refractivity contribution in [3.8, 4) is 0 Å². The van der Waals surface area contributed by atoms with Crippen LogP contribution in [0, 0.1) is 0 Å². The molecule has 198 valence electrons. The second kappa shape index (κ2) is 11.0. The van der Waals surface area contributed by atoms with Gasteiger partial charge in [0.15, 0.2) is 0 Å². The number of nitrogens with zero attached hydrogens (tertiary/aromatic N) is 6. The standard InChI is InChI=1S/C28H34N8O2/c1-4-6-23(29-5-2)24-9-12-30-27(33-24)31-20-7-8-22-19(17-20)18-25(32-22)26(37)35-13-10-21(11-14-35)36-16-15-34(3)28(36)38/h5-9,12,17-18,21,32H,4,10-11,13-16H2,1-3H3,(H,30,31,33)/b23-6-,29-5?. The van der Waals surface area contributed by atoms with Crippen LogP contribution in [0.2, 0.25) is 0 Å². The molecule has 0 aliphatic carbocycles. The van der Waals surface area contributed by atoms with Gasteiger partial charge in [-0.3, -0.25) is 9.79 Å². The molecule has 0 bridgehead atoms. The Hall–Kier alpha value is -4.21. The SMILES string of the molecule is CC=N/C(=C\CC)c1ccnc(Nc2ccc3[nH]c(C(=O)N4CCC(N5CCN(C)C5=O)CC4)cc3c2)n1. The molecule has 2 fully saturated rings. The lowest BCUT2D eigenvalue weighted by atomic mass is 10.0. The summed E-state index contributed by atoms with van der Waals surface area (Å²) in [5.74, 6) is 0.467. The topological polar surface area (TPSA) is 110 Å². The second-order valence-corrected chi connectivity index (χ2v) is 9.68. The molecule has 0 atom stereocenters. The number of carbonyl (C=O) groups is 2. The van der Waals surface area contributed by atoms with Crippen LogP contribution in [0.5, 0.6) is 0 Å². The smallest absolute Gasteiger partial charge is 0.320 e. The number of carbonyl (C=O) groups excluding carboxylic acids is 2. The molecule has 0 saturated carbocycles. The average molecular weight is 515 g/mol. The number of allylic oxidation sites excluding steroid dienone is 1. The van der Waals surface area contributed by atoms with E-state index in [2.05, 4.69) is 32.2 Å². The van der Waals surface area contributed by atoms with Crippen molar-refractivity contribution in [1.82, 2.24) is 29.7 Å². The van der Waals surface area contributed by atoms with E-state index >= 15 is 0 Å². The molecule has 2 aromatic heterocycles. The molecule has 2 saturated heterocycles. The fourth-order valence-electron chi connectivity index (χ4n) is 5.13. The van der Waals surface area contributed by atoms with Crippen LogP contribution < -0.4 is 5.32 Å². The number of H-pyrrole nitrogens is 1. The zero-order chi connectivity index (χ0) is 26.6. The Morgan fingerprint density at radius 3 is 2.71 bits per heavy atom. The highest BCUT2D eigenvalue weighted by atomic mass is 16.2. The van der Waals surface area contributed by atoms with Gasteiger partial charge in [0.1, 0.15) is 5.69 Å². The summed E-state index contributed by atoms with van der Waals surface area (Å²) in [6.07, 6.45) is 7.97. The lowest BCUT2D eigenvalue weighted by Crippen LogP contribution is -2.47. The van der Waals surface area contributed by atoms with Gasteiger partial charge in [-0.1, -0.05) is 13.0 Å². The first-order chi connectivity index (χ1) is 18.5. The highest BCUT2D eigenvalue weighted by Gasteiger charge is 2.34. The van der Waals surface area contributed by atoms with Crippen molar-refractivity contribution >= 4 is 46.4 Å². The number of anilines is 2. The molecule has 3 amide bonds. The van der Waals surface area contributed by atoms with Gasteiger partial charge < -0.3 is 25.0 Å². The molecule has 2 aliphatic heterocycles. The number of hydrogen-bond acceptors (Lipinski definition) is 6. The quantitative estimate of drug-likeness (QED) is 0.451. The molecule has 3 aromatic rings. The molecule has 4 heterocycles. The zero-order valence-corrected chi connectivity index (χ0v) is 22.1. The molecule has 5 rings (SSSR count). The fraction of sp³-hybridized carbons (Fsp3) is 0.393. The number of urea groups is 1. The largest absolute Gasteiger partial charge is 0.351 e. The van der Waals surface area contributed by atoms with E-state index < -0.39 is 0 Å². The first-order valence-electron chi connectivity index (χ1n) is 13.2. The van der Waals surface area contributed by atoms with Gasteiger partial charge in [0.25, 0.3) is 5.91 Å². The van der Waals surface area contributed by atoms with E-state index in [-0.39, 0.29) is 18.0 Å². The molecule has 10 heteroatoms. The third-order valence-corrected chi connectivity index (χ3v) is 7.13. The summed E-state index contributed by atoms with van der Waals surface area (Å²) in [5.41, 5.74) is 3.85. The van der Waals surface area contributed by atoms with Gasteiger partial charge in [0.2, 0.25) is 5.95 Å². The van der Waals surface area contributed by atoms with E-state index in [4.69, 9.17) is 0 Å². The number of amides is 3. The van der Waals surface area contributed by atoms with E-state index in [0.29, 0.717) is 24.7 Å². The summed E-state index contributed by atoms with van der Waals surface area (Å²) >= 11 is 0. The monoisotopic (exact) mass is 514 g/mol. The summed E-state index contributed by atoms with van der Waals surface area (Å²) < 4.78 is 0. The van der Waals surface area contributed by atoms with Crippen molar-refractivity contribution in [2.45, 2.75) is 39.2 Å². The van der Waals surface area contributed by atoms with Crippen molar-refractivity contribution < 1.29 is 9.59 Å². The Labute approximate surface area is 222 Å². The van der Waals surface area contributed by atoms with Gasteiger partial charge in [0.05, 0.1) is 11.4 Å². The van der Waals surface area contributed by atoms with Crippen LogP contribution in [0.1, 0.15) is 49.3 Å². The summed E-state index contributed by atoms with van der Waals surface area (Å²) in [6, 6.07) is 9.90. The minimum Gasteiger partial charge on any atom is -0.351 e. The lowest BCUT2D eigenvalue weighted by Gasteiger charge is -2.36. The number of nitrogens with one attached hydrogen (secondary N) is 2. The van der Waals surface area contributed by atoms with Crippen LogP contribution in [0.3, 0.4) is 0 Å². The van der Waals surface area contributed by atoms with E-state index in [0.717, 1.165) is 60.3 Å². The number of rotatable bonds is 7. The number of fused-ring (bicyclic) bond motifs is 1. The summed E-state index contributed by atoms with van der Waals surface area (Å²) in [5, 5.41) is 4.20. The minimum atomic E-state index is -0.0122. The number of likely N-dealkylation sites (N-methyl/N-ethyl adjacent to an activating group) is 1. The number of aromatic amines is 1. The van der Waals surface area contributed by atoms with Gasteiger partial charge in [0, 0.05) is 68.3 Å². The Kier molecular flexibility index (Phi) is 7.39. The zero-order valence-electron chi connectivity index (χ0n) is 22.1.